The summed E-state index contributed by atoms with van der Waals surface area (Å²) in [6, 6.07) is 11.3. The van der Waals surface area contributed by atoms with Gasteiger partial charge >= 0.3 is 0 Å². The summed E-state index contributed by atoms with van der Waals surface area (Å²) in [5.41, 5.74) is 1.43. The van der Waals surface area contributed by atoms with Gasteiger partial charge in [-0.3, -0.25) is 4.79 Å². The van der Waals surface area contributed by atoms with E-state index in [1.165, 1.54) is 17.4 Å². The molecule has 0 aliphatic carbocycles. The molecule has 0 unspecified atom stereocenters. The lowest BCUT2D eigenvalue weighted by molar-refractivity contribution is 0.105. The van der Waals surface area contributed by atoms with Crippen LogP contribution < -0.4 is 4.74 Å². The van der Waals surface area contributed by atoms with Crippen LogP contribution in [0.3, 0.4) is 0 Å². The number of rotatable bonds is 5. The molecule has 2 heterocycles. The monoisotopic (exact) mass is 343 g/mol. The third kappa shape index (κ3) is 3.44. The summed E-state index contributed by atoms with van der Waals surface area (Å²) < 4.78 is 5.57. The Balaban J connectivity index is 1.96. The zero-order chi connectivity index (χ0) is 16.2. The molecule has 2 aromatic heterocycles. The molecule has 3 aromatic rings. The molecule has 0 radical (unpaired) electrons. The average Bonchev–Trinajstić information content (AvgIpc) is 3.08. The average molecular weight is 344 g/mol. The summed E-state index contributed by atoms with van der Waals surface area (Å²) >= 11 is 7.67. The number of carbonyl (C=O) groups excluding carboxylic acids is 1. The van der Waals surface area contributed by atoms with E-state index >= 15 is 0 Å². The highest BCUT2D eigenvalue weighted by Crippen LogP contribution is 2.28. The lowest BCUT2D eigenvalue weighted by Gasteiger charge is -2.08. The fourth-order valence-corrected chi connectivity index (χ4v) is 3.07. The van der Waals surface area contributed by atoms with E-state index in [-0.39, 0.29) is 5.78 Å². The number of allylic oxidation sites excluding steroid dienone is 1. The fraction of sp³-hybridized carbons (Fsp3) is 0.111. The normalized spacial score (nSPS) is 11.2. The number of fused-ring (bicyclic) bond motifs is 1. The molecule has 0 amide bonds. The van der Waals surface area contributed by atoms with Crippen LogP contribution in [-0.4, -0.2) is 17.4 Å². The van der Waals surface area contributed by atoms with Crippen LogP contribution in [0.15, 0.2) is 47.9 Å². The van der Waals surface area contributed by atoms with E-state index in [9.17, 15) is 4.79 Å². The molecule has 23 heavy (non-hydrogen) atoms. The maximum atomic E-state index is 12.0. The van der Waals surface area contributed by atoms with Crippen LogP contribution in [-0.2, 0) is 0 Å². The van der Waals surface area contributed by atoms with E-state index < -0.39 is 0 Å². The summed E-state index contributed by atoms with van der Waals surface area (Å²) in [4.78, 5) is 17.1. The highest BCUT2D eigenvalue weighted by Gasteiger charge is 2.08. The molecule has 0 saturated heterocycles. The van der Waals surface area contributed by atoms with E-state index in [4.69, 9.17) is 16.3 Å². The quantitative estimate of drug-likeness (QED) is 0.361. The number of carbonyl (C=O) groups is 1. The van der Waals surface area contributed by atoms with Crippen molar-refractivity contribution in [3.8, 4) is 5.75 Å². The number of nitrogens with zero attached hydrogens (tertiary/aromatic N) is 1. The van der Waals surface area contributed by atoms with Gasteiger partial charge < -0.3 is 4.74 Å². The molecule has 0 spiro atoms. The third-order valence-corrected chi connectivity index (χ3v) is 4.45. The molecule has 3 nitrogen and oxygen atoms in total. The lowest BCUT2D eigenvalue weighted by Crippen LogP contribution is -1.95. The Hall–Kier alpha value is -2.17. The first-order valence-corrected chi connectivity index (χ1v) is 8.43. The van der Waals surface area contributed by atoms with Crippen LogP contribution in [0, 0.1) is 0 Å². The van der Waals surface area contributed by atoms with Gasteiger partial charge in [0, 0.05) is 10.9 Å². The van der Waals surface area contributed by atoms with E-state index in [1.54, 1.807) is 12.1 Å². The van der Waals surface area contributed by atoms with Crippen molar-refractivity contribution < 1.29 is 9.53 Å². The largest absolute Gasteiger partial charge is 0.492 e. The van der Waals surface area contributed by atoms with Gasteiger partial charge in [-0.2, -0.15) is 0 Å². The van der Waals surface area contributed by atoms with E-state index in [2.05, 4.69) is 4.98 Å². The first-order chi connectivity index (χ1) is 11.2. The van der Waals surface area contributed by atoms with Crippen molar-refractivity contribution in [1.82, 2.24) is 4.98 Å². The Labute approximate surface area is 143 Å². The zero-order valence-electron chi connectivity index (χ0n) is 12.5. The van der Waals surface area contributed by atoms with E-state index in [0.29, 0.717) is 28.0 Å². The smallest absolute Gasteiger partial charge is 0.195 e. The van der Waals surface area contributed by atoms with Crippen molar-refractivity contribution in [2.45, 2.75) is 6.92 Å². The molecule has 116 valence electrons. The Bertz CT molecular complexity index is 872. The summed E-state index contributed by atoms with van der Waals surface area (Å²) in [6.07, 6.45) is 3.22. The van der Waals surface area contributed by atoms with Crippen LogP contribution in [0.25, 0.3) is 17.0 Å². The van der Waals surface area contributed by atoms with Crippen molar-refractivity contribution in [2.75, 3.05) is 6.61 Å². The number of aromatic nitrogens is 1. The second-order valence-electron chi connectivity index (χ2n) is 4.80. The number of ether oxygens (including phenoxy) is 1. The Kier molecular flexibility index (Phi) is 4.74. The first-order valence-electron chi connectivity index (χ1n) is 7.17. The summed E-state index contributed by atoms with van der Waals surface area (Å²) in [6.45, 7) is 2.49. The van der Waals surface area contributed by atoms with Crippen molar-refractivity contribution in [3.63, 3.8) is 0 Å². The highest BCUT2D eigenvalue weighted by atomic mass is 35.5. The molecule has 5 heteroatoms. The van der Waals surface area contributed by atoms with Crippen molar-refractivity contribution in [2.24, 2.45) is 0 Å². The van der Waals surface area contributed by atoms with Crippen LogP contribution in [0.1, 0.15) is 22.2 Å². The van der Waals surface area contributed by atoms with Crippen LogP contribution in [0.4, 0.5) is 0 Å². The molecule has 3 rings (SSSR count). The van der Waals surface area contributed by atoms with Crippen LogP contribution in [0.2, 0.25) is 5.15 Å². The van der Waals surface area contributed by atoms with Crippen LogP contribution in [0.5, 0.6) is 5.75 Å². The maximum Gasteiger partial charge on any atom is 0.195 e. The van der Waals surface area contributed by atoms with Crippen molar-refractivity contribution >= 4 is 45.7 Å². The minimum Gasteiger partial charge on any atom is -0.492 e. The van der Waals surface area contributed by atoms with Gasteiger partial charge in [-0.15, -0.1) is 11.3 Å². The molecular weight excluding hydrogens is 330 g/mol. The standard InChI is InChI=1S/C18H14ClNO2S/c1-2-22-15-6-3-5-12-11-13(18(19)20-17(12)15)8-9-14(21)16-7-4-10-23-16/h3-11H,2H2,1H3/b9-8+. The number of halogens is 1. The summed E-state index contributed by atoms with van der Waals surface area (Å²) in [5, 5.41) is 3.14. The number of hydrogen-bond donors (Lipinski definition) is 0. The molecule has 0 atom stereocenters. The number of thiophene rings is 1. The third-order valence-electron chi connectivity index (χ3n) is 3.27. The van der Waals surface area contributed by atoms with Gasteiger partial charge in [0.05, 0.1) is 11.5 Å². The number of pyridine rings is 1. The van der Waals surface area contributed by atoms with Crippen molar-refractivity contribution in [3.05, 3.63) is 63.4 Å². The van der Waals surface area contributed by atoms with Gasteiger partial charge in [-0.1, -0.05) is 29.8 Å². The molecule has 0 aliphatic rings. The Morgan fingerprint density at radius 2 is 2.22 bits per heavy atom. The maximum absolute atomic E-state index is 12.0. The molecule has 0 aliphatic heterocycles. The van der Waals surface area contributed by atoms with E-state index in [0.717, 1.165) is 10.9 Å². The number of benzene rings is 1. The van der Waals surface area contributed by atoms with Gasteiger partial charge in [0.25, 0.3) is 0 Å². The molecular formula is C18H14ClNO2S. The second kappa shape index (κ2) is 6.94. The molecule has 1 aromatic carbocycles. The molecule has 0 N–H and O–H groups in total. The molecule has 0 bridgehead atoms. The molecule has 0 saturated carbocycles. The van der Waals surface area contributed by atoms with Crippen molar-refractivity contribution in [1.29, 1.82) is 0 Å². The van der Waals surface area contributed by atoms with Gasteiger partial charge in [-0.25, -0.2) is 4.98 Å². The minimum atomic E-state index is -0.0424. The second-order valence-corrected chi connectivity index (χ2v) is 6.11. The predicted molar refractivity (Wildman–Crippen MR) is 95.6 cm³/mol. The summed E-state index contributed by atoms with van der Waals surface area (Å²) in [7, 11) is 0. The number of ketones is 1. The van der Waals surface area contributed by atoms with Gasteiger partial charge in [0.2, 0.25) is 0 Å². The molecule has 0 fully saturated rings. The minimum absolute atomic E-state index is 0.0424. The lowest BCUT2D eigenvalue weighted by atomic mass is 10.1. The first kappa shape index (κ1) is 15.7. The van der Waals surface area contributed by atoms with Gasteiger partial charge in [-0.05, 0) is 42.7 Å². The Morgan fingerprint density at radius 3 is 2.96 bits per heavy atom. The topological polar surface area (TPSA) is 39.2 Å². The Morgan fingerprint density at radius 1 is 1.35 bits per heavy atom. The number of para-hydroxylation sites is 1. The summed E-state index contributed by atoms with van der Waals surface area (Å²) in [5.74, 6) is 0.663. The fourth-order valence-electron chi connectivity index (χ4n) is 2.22. The SMILES string of the molecule is CCOc1cccc2cc(/C=C/C(=O)c3cccs3)c(Cl)nc12. The van der Waals surface area contributed by atoms with Crippen LogP contribution >= 0.6 is 22.9 Å². The van der Waals surface area contributed by atoms with Gasteiger partial charge in [0.1, 0.15) is 16.4 Å². The highest BCUT2D eigenvalue weighted by molar-refractivity contribution is 7.12. The van der Waals surface area contributed by atoms with Gasteiger partial charge in [0.15, 0.2) is 5.78 Å². The number of hydrogen-bond acceptors (Lipinski definition) is 4. The predicted octanol–water partition coefficient (Wildman–Crippen LogP) is 5.24. The zero-order valence-corrected chi connectivity index (χ0v) is 14.0. The van der Waals surface area contributed by atoms with E-state index in [1.807, 2.05) is 42.6 Å².